The van der Waals surface area contributed by atoms with E-state index in [-0.39, 0.29) is 5.69 Å². The first-order valence-corrected chi connectivity index (χ1v) is 5.66. The fourth-order valence-electron chi connectivity index (χ4n) is 1.82. The van der Waals surface area contributed by atoms with E-state index in [4.69, 9.17) is 0 Å². The van der Waals surface area contributed by atoms with Crippen LogP contribution in [0.25, 0.3) is 11.3 Å². The second-order valence-corrected chi connectivity index (χ2v) is 3.97. The van der Waals surface area contributed by atoms with E-state index < -0.39 is 11.7 Å². The maximum absolute atomic E-state index is 12.7. The lowest BCUT2D eigenvalue weighted by atomic mass is 10.1. The van der Waals surface area contributed by atoms with E-state index in [0.29, 0.717) is 24.1 Å². The summed E-state index contributed by atoms with van der Waals surface area (Å²) in [6.07, 6.45) is -3.82. The van der Waals surface area contributed by atoms with Crippen LogP contribution in [0.3, 0.4) is 0 Å². The Hall–Kier alpha value is -2.11. The number of aryl methyl sites for hydroxylation is 1. The first-order valence-electron chi connectivity index (χ1n) is 5.66. The second kappa shape index (κ2) is 4.87. The fraction of sp³-hybridized carbons (Fsp3) is 0.231. The van der Waals surface area contributed by atoms with Crippen LogP contribution >= 0.6 is 0 Å². The summed E-state index contributed by atoms with van der Waals surface area (Å²) in [5.41, 5.74) is 0.365. The van der Waals surface area contributed by atoms with Gasteiger partial charge in [-0.1, -0.05) is 12.1 Å². The molecule has 0 N–H and O–H groups in total. The van der Waals surface area contributed by atoms with Gasteiger partial charge in [0.15, 0.2) is 6.29 Å². The van der Waals surface area contributed by atoms with Crippen molar-refractivity contribution in [1.29, 1.82) is 0 Å². The lowest BCUT2D eigenvalue weighted by Crippen LogP contribution is -2.05. The quantitative estimate of drug-likeness (QED) is 0.800. The van der Waals surface area contributed by atoms with Gasteiger partial charge in [-0.3, -0.25) is 9.48 Å². The van der Waals surface area contributed by atoms with Gasteiger partial charge in [-0.15, -0.1) is 0 Å². The van der Waals surface area contributed by atoms with Crippen LogP contribution in [0.1, 0.15) is 23.0 Å². The van der Waals surface area contributed by atoms with E-state index >= 15 is 0 Å². The van der Waals surface area contributed by atoms with Gasteiger partial charge in [-0.25, -0.2) is 0 Å². The number of carbonyl (C=O) groups is 1. The summed E-state index contributed by atoms with van der Waals surface area (Å²) in [6, 6.07) is 6.44. The smallest absolute Gasteiger partial charge is 0.296 e. The third-order valence-corrected chi connectivity index (χ3v) is 2.70. The molecule has 2 rings (SSSR count). The SMILES string of the molecule is CCn1nc(C=O)cc1-c1cccc(C(F)(F)F)c1. The van der Waals surface area contributed by atoms with E-state index in [1.54, 1.807) is 13.0 Å². The molecular formula is C13H11F3N2O. The van der Waals surface area contributed by atoms with Crippen LogP contribution in [0.2, 0.25) is 0 Å². The van der Waals surface area contributed by atoms with Gasteiger partial charge in [0.2, 0.25) is 0 Å². The lowest BCUT2D eigenvalue weighted by Gasteiger charge is -2.09. The summed E-state index contributed by atoms with van der Waals surface area (Å²) in [5.74, 6) is 0. The van der Waals surface area contributed by atoms with Crippen molar-refractivity contribution < 1.29 is 18.0 Å². The molecule has 0 spiro atoms. The van der Waals surface area contributed by atoms with E-state index in [1.165, 1.54) is 16.8 Å². The average Bonchev–Trinajstić information content (AvgIpc) is 2.81. The topological polar surface area (TPSA) is 34.9 Å². The van der Waals surface area contributed by atoms with Gasteiger partial charge in [0.05, 0.1) is 11.3 Å². The van der Waals surface area contributed by atoms with Crippen LogP contribution in [0.15, 0.2) is 30.3 Å². The number of halogens is 3. The first kappa shape index (κ1) is 13.3. The van der Waals surface area contributed by atoms with Crippen molar-refractivity contribution in [1.82, 2.24) is 9.78 Å². The maximum Gasteiger partial charge on any atom is 0.416 e. The van der Waals surface area contributed by atoms with E-state index in [0.717, 1.165) is 12.1 Å². The molecular weight excluding hydrogens is 257 g/mol. The van der Waals surface area contributed by atoms with Crippen molar-refractivity contribution in [2.24, 2.45) is 0 Å². The van der Waals surface area contributed by atoms with Gasteiger partial charge >= 0.3 is 6.18 Å². The summed E-state index contributed by atoms with van der Waals surface area (Å²) < 4.78 is 39.5. The Labute approximate surface area is 107 Å². The molecule has 1 aromatic heterocycles. The number of carbonyl (C=O) groups excluding carboxylic acids is 1. The number of aromatic nitrogens is 2. The Kier molecular flexibility index (Phi) is 3.42. The van der Waals surface area contributed by atoms with Crippen molar-refractivity contribution in [3.05, 3.63) is 41.6 Å². The van der Waals surface area contributed by atoms with Crippen LogP contribution in [-0.2, 0) is 12.7 Å². The molecule has 0 unspecified atom stereocenters. The molecule has 1 heterocycles. The standard InChI is InChI=1S/C13H11F3N2O/c1-2-18-12(7-11(8-19)17-18)9-4-3-5-10(6-9)13(14,15)16/h3-8H,2H2,1H3. The number of hydrogen-bond acceptors (Lipinski definition) is 2. The van der Waals surface area contributed by atoms with Crippen molar-refractivity contribution >= 4 is 6.29 Å². The van der Waals surface area contributed by atoms with E-state index in [9.17, 15) is 18.0 Å². The minimum Gasteiger partial charge on any atom is -0.296 e. The van der Waals surface area contributed by atoms with Crippen molar-refractivity contribution in [2.45, 2.75) is 19.6 Å². The number of aldehydes is 1. The minimum atomic E-state index is -4.39. The Morgan fingerprint density at radius 3 is 2.63 bits per heavy atom. The maximum atomic E-state index is 12.7. The van der Waals surface area contributed by atoms with Crippen LogP contribution in [0.5, 0.6) is 0 Å². The van der Waals surface area contributed by atoms with Gasteiger partial charge in [0, 0.05) is 12.1 Å². The zero-order valence-corrected chi connectivity index (χ0v) is 10.1. The zero-order chi connectivity index (χ0) is 14.0. The molecule has 100 valence electrons. The minimum absolute atomic E-state index is 0.203. The van der Waals surface area contributed by atoms with Crippen LogP contribution in [-0.4, -0.2) is 16.1 Å². The number of alkyl halides is 3. The number of rotatable bonds is 3. The monoisotopic (exact) mass is 268 g/mol. The highest BCUT2D eigenvalue weighted by atomic mass is 19.4. The summed E-state index contributed by atoms with van der Waals surface area (Å²) >= 11 is 0. The summed E-state index contributed by atoms with van der Waals surface area (Å²) in [4.78, 5) is 10.7. The summed E-state index contributed by atoms with van der Waals surface area (Å²) in [6.45, 7) is 2.28. The van der Waals surface area contributed by atoms with Crippen LogP contribution in [0.4, 0.5) is 13.2 Å². The normalized spacial score (nSPS) is 11.6. The fourth-order valence-corrected chi connectivity index (χ4v) is 1.82. The highest BCUT2D eigenvalue weighted by Crippen LogP contribution is 2.32. The Morgan fingerprint density at radius 2 is 2.05 bits per heavy atom. The number of nitrogens with zero attached hydrogens (tertiary/aromatic N) is 2. The third-order valence-electron chi connectivity index (χ3n) is 2.70. The largest absolute Gasteiger partial charge is 0.416 e. The van der Waals surface area contributed by atoms with Crippen molar-refractivity contribution in [3.63, 3.8) is 0 Å². The molecule has 0 radical (unpaired) electrons. The Morgan fingerprint density at radius 1 is 1.32 bits per heavy atom. The van der Waals surface area contributed by atoms with Gasteiger partial charge in [0.25, 0.3) is 0 Å². The Bertz CT molecular complexity index is 602. The van der Waals surface area contributed by atoms with Crippen LogP contribution in [0, 0.1) is 0 Å². The van der Waals surface area contributed by atoms with Crippen molar-refractivity contribution in [2.75, 3.05) is 0 Å². The molecule has 0 fully saturated rings. The molecule has 2 aromatic rings. The molecule has 0 saturated carbocycles. The molecule has 0 bridgehead atoms. The summed E-state index contributed by atoms with van der Waals surface area (Å²) in [7, 11) is 0. The number of benzene rings is 1. The molecule has 0 aliphatic heterocycles. The third kappa shape index (κ3) is 2.67. The van der Waals surface area contributed by atoms with Crippen LogP contribution < -0.4 is 0 Å². The van der Waals surface area contributed by atoms with E-state index in [2.05, 4.69) is 5.10 Å². The van der Waals surface area contributed by atoms with Gasteiger partial charge < -0.3 is 0 Å². The highest BCUT2D eigenvalue weighted by Gasteiger charge is 2.30. The van der Waals surface area contributed by atoms with Crippen molar-refractivity contribution in [3.8, 4) is 11.3 Å². The first-order chi connectivity index (χ1) is 8.95. The average molecular weight is 268 g/mol. The molecule has 0 aliphatic rings. The lowest BCUT2D eigenvalue weighted by molar-refractivity contribution is -0.137. The molecule has 0 aliphatic carbocycles. The van der Waals surface area contributed by atoms with Gasteiger partial charge in [0.1, 0.15) is 5.69 Å². The summed E-state index contributed by atoms with van der Waals surface area (Å²) in [5, 5.41) is 3.98. The second-order valence-electron chi connectivity index (χ2n) is 3.97. The molecule has 0 saturated heterocycles. The molecule has 3 nitrogen and oxygen atoms in total. The molecule has 0 atom stereocenters. The van der Waals surface area contributed by atoms with Gasteiger partial charge in [-0.2, -0.15) is 18.3 Å². The van der Waals surface area contributed by atoms with E-state index in [1.807, 2.05) is 0 Å². The zero-order valence-electron chi connectivity index (χ0n) is 10.1. The predicted molar refractivity (Wildman–Crippen MR) is 63.7 cm³/mol. The number of hydrogen-bond donors (Lipinski definition) is 0. The Balaban J connectivity index is 2.53. The molecule has 19 heavy (non-hydrogen) atoms. The molecule has 6 heteroatoms. The molecule has 0 amide bonds. The highest BCUT2D eigenvalue weighted by molar-refractivity contribution is 5.75. The molecule has 1 aromatic carbocycles. The predicted octanol–water partition coefficient (Wildman–Crippen LogP) is 3.40. The van der Waals surface area contributed by atoms with Gasteiger partial charge in [-0.05, 0) is 25.1 Å².